The van der Waals surface area contributed by atoms with Gasteiger partial charge < -0.3 is 11.5 Å². The van der Waals surface area contributed by atoms with Gasteiger partial charge in [-0.1, -0.05) is 0 Å². The molecule has 0 aliphatic rings. The first kappa shape index (κ1) is 10.3. The minimum Gasteiger partial charge on any atom is -0.384 e. The number of H-pyrrole nitrogens is 1. The highest BCUT2D eigenvalue weighted by Gasteiger charge is 2.13. The minimum atomic E-state index is -0.614. The Bertz CT molecular complexity index is 728. The highest BCUT2D eigenvalue weighted by molar-refractivity contribution is 5.92. The minimum absolute atomic E-state index is 0.137. The van der Waals surface area contributed by atoms with Crippen LogP contribution < -0.4 is 11.5 Å². The van der Waals surface area contributed by atoms with E-state index in [4.69, 9.17) is 11.5 Å². The lowest BCUT2D eigenvalue weighted by molar-refractivity contribution is 0.0995. The average molecular weight is 243 g/mol. The highest BCUT2D eigenvalue weighted by Crippen LogP contribution is 2.21. The molecule has 0 aliphatic carbocycles. The Labute approximate surface area is 101 Å². The Hall–Kier alpha value is -2.90. The van der Waals surface area contributed by atoms with E-state index in [-0.39, 0.29) is 5.69 Å². The van der Waals surface area contributed by atoms with Crippen molar-refractivity contribution in [3.8, 4) is 11.3 Å². The topological polar surface area (TPSA) is 128 Å². The second-order valence-corrected chi connectivity index (χ2v) is 3.72. The van der Waals surface area contributed by atoms with Crippen molar-refractivity contribution in [2.45, 2.75) is 0 Å². The van der Waals surface area contributed by atoms with Crippen LogP contribution in [-0.4, -0.2) is 30.7 Å². The third kappa shape index (κ3) is 1.47. The van der Waals surface area contributed by atoms with Crippen LogP contribution in [0.3, 0.4) is 0 Å². The van der Waals surface area contributed by atoms with Crippen LogP contribution in [0, 0.1) is 0 Å². The first-order chi connectivity index (χ1) is 8.65. The van der Waals surface area contributed by atoms with Gasteiger partial charge in [0.2, 0.25) is 0 Å². The molecule has 5 N–H and O–H groups in total. The third-order valence-electron chi connectivity index (χ3n) is 2.49. The van der Waals surface area contributed by atoms with Crippen LogP contribution in [-0.2, 0) is 0 Å². The molecule has 3 aromatic heterocycles. The number of carbonyl (C=O) groups excluding carboxylic acids is 1. The Morgan fingerprint density at radius 1 is 1.39 bits per heavy atom. The molecule has 0 aliphatic heterocycles. The van der Waals surface area contributed by atoms with Crippen molar-refractivity contribution < 1.29 is 4.79 Å². The number of hydrogen-bond donors (Lipinski definition) is 3. The summed E-state index contributed by atoms with van der Waals surface area (Å²) in [6.07, 6.45) is 3.32. The van der Waals surface area contributed by atoms with Crippen LogP contribution in [0.1, 0.15) is 10.5 Å². The van der Waals surface area contributed by atoms with Gasteiger partial charge in [0.15, 0.2) is 11.3 Å². The summed E-state index contributed by atoms with van der Waals surface area (Å²) in [7, 11) is 0. The molecular weight excluding hydrogens is 234 g/mol. The maximum Gasteiger partial charge on any atom is 0.269 e. The quantitative estimate of drug-likeness (QED) is 0.574. The number of amides is 1. The van der Waals surface area contributed by atoms with E-state index in [0.717, 1.165) is 5.56 Å². The van der Waals surface area contributed by atoms with E-state index in [0.29, 0.717) is 17.2 Å². The van der Waals surface area contributed by atoms with Crippen LogP contribution in [0.5, 0.6) is 0 Å². The van der Waals surface area contributed by atoms with Crippen LogP contribution in [0.25, 0.3) is 16.9 Å². The number of carbonyl (C=O) groups is 1. The number of nitrogen functional groups attached to an aromatic ring is 1. The maximum atomic E-state index is 11.1. The maximum absolute atomic E-state index is 11.1. The summed E-state index contributed by atoms with van der Waals surface area (Å²) in [5.41, 5.74) is 13.0. The van der Waals surface area contributed by atoms with Crippen molar-refractivity contribution >= 4 is 17.4 Å². The van der Waals surface area contributed by atoms with Crippen molar-refractivity contribution in [2.75, 3.05) is 5.73 Å². The highest BCUT2D eigenvalue weighted by atomic mass is 16.1. The number of aromatic nitrogens is 5. The van der Waals surface area contributed by atoms with Crippen LogP contribution in [0.15, 0.2) is 24.5 Å². The molecule has 0 fully saturated rings. The van der Waals surface area contributed by atoms with Crippen LogP contribution in [0.2, 0.25) is 0 Å². The molecule has 0 bridgehead atoms. The van der Waals surface area contributed by atoms with Crippen LogP contribution >= 0.6 is 0 Å². The van der Waals surface area contributed by atoms with Crippen LogP contribution in [0.4, 0.5) is 5.82 Å². The first-order valence-electron chi connectivity index (χ1n) is 5.10. The number of aromatic amines is 1. The second kappa shape index (κ2) is 3.55. The van der Waals surface area contributed by atoms with Gasteiger partial charge in [0, 0.05) is 23.9 Å². The molecule has 0 atom stereocenters. The lowest BCUT2D eigenvalue weighted by atomic mass is 10.2. The fourth-order valence-electron chi connectivity index (χ4n) is 1.71. The number of nitrogens with two attached hydrogens (primary N) is 2. The van der Waals surface area contributed by atoms with Gasteiger partial charge in [-0.25, -0.2) is 9.50 Å². The number of hydrogen-bond acceptors (Lipinski definition) is 5. The zero-order valence-electron chi connectivity index (χ0n) is 9.16. The largest absolute Gasteiger partial charge is 0.384 e. The Morgan fingerprint density at radius 3 is 2.89 bits per heavy atom. The first-order valence-corrected chi connectivity index (χ1v) is 5.10. The SMILES string of the molecule is NC(=O)c1cc2nc(N)cc(-c3cn[nH]c3)n2n1. The molecule has 0 radical (unpaired) electrons. The van der Waals surface area contributed by atoms with E-state index in [1.807, 2.05) is 0 Å². The molecule has 0 spiro atoms. The van der Waals surface area contributed by atoms with E-state index in [2.05, 4.69) is 20.3 Å². The van der Waals surface area contributed by atoms with Gasteiger partial charge in [-0.05, 0) is 0 Å². The molecule has 3 rings (SSSR count). The van der Waals surface area contributed by atoms with E-state index < -0.39 is 5.91 Å². The van der Waals surface area contributed by atoms with Gasteiger partial charge in [0.1, 0.15) is 5.82 Å². The molecular formula is C10H9N7O. The van der Waals surface area contributed by atoms with Crippen molar-refractivity contribution in [1.29, 1.82) is 0 Å². The normalized spacial score (nSPS) is 10.9. The molecule has 0 unspecified atom stereocenters. The number of nitrogens with one attached hydrogen (secondary N) is 1. The van der Waals surface area contributed by atoms with E-state index in [1.54, 1.807) is 18.5 Å². The molecule has 0 saturated carbocycles. The number of nitrogens with zero attached hydrogens (tertiary/aromatic N) is 4. The van der Waals surface area contributed by atoms with Gasteiger partial charge in [0.25, 0.3) is 5.91 Å². The summed E-state index contributed by atoms with van der Waals surface area (Å²) in [5.74, 6) is -0.285. The summed E-state index contributed by atoms with van der Waals surface area (Å²) >= 11 is 0. The lowest BCUT2D eigenvalue weighted by Crippen LogP contribution is -2.11. The number of anilines is 1. The second-order valence-electron chi connectivity index (χ2n) is 3.72. The molecule has 18 heavy (non-hydrogen) atoms. The zero-order chi connectivity index (χ0) is 12.7. The summed E-state index contributed by atoms with van der Waals surface area (Å²) in [4.78, 5) is 15.2. The monoisotopic (exact) mass is 243 g/mol. The molecule has 90 valence electrons. The van der Waals surface area contributed by atoms with Gasteiger partial charge in [-0.2, -0.15) is 10.2 Å². The Kier molecular flexibility index (Phi) is 2.03. The van der Waals surface area contributed by atoms with E-state index in [9.17, 15) is 4.79 Å². The third-order valence-corrected chi connectivity index (χ3v) is 2.49. The summed E-state index contributed by atoms with van der Waals surface area (Å²) in [6, 6.07) is 3.14. The van der Waals surface area contributed by atoms with Gasteiger partial charge >= 0.3 is 0 Å². The predicted octanol–water partition coefficient (Wildman–Crippen LogP) is -0.200. The molecule has 0 aromatic carbocycles. The Balaban J connectivity index is 2.33. The standard InChI is InChI=1S/C10H9N7O/c11-8-2-7(5-3-13-14-4-5)17-9(15-8)1-6(16-17)10(12)18/h1-4H,(H2,11,15)(H2,12,18)(H,13,14). The van der Waals surface area contributed by atoms with Crippen molar-refractivity contribution in [2.24, 2.45) is 5.73 Å². The number of rotatable bonds is 2. The fourth-order valence-corrected chi connectivity index (χ4v) is 1.71. The summed E-state index contributed by atoms with van der Waals surface area (Å²) in [6.45, 7) is 0. The summed E-state index contributed by atoms with van der Waals surface area (Å²) in [5, 5.41) is 10.6. The zero-order valence-corrected chi connectivity index (χ0v) is 9.16. The van der Waals surface area contributed by atoms with E-state index in [1.165, 1.54) is 10.6 Å². The van der Waals surface area contributed by atoms with Gasteiger partial charge in [0.05, 0.1) is 11.9 Å². The molecule has 3 aromatic rings. The smallest absolute Gasteiger partial charge is 0.269 e. The molecule has 3 heterocycles. The average Bonchev–Trinajstić information content (AvgIpc) is 2.96. The van der Waals surface area contributed by atoms with E-state index >= 15 is 0 Å². The fraction of sp³-hybridized carbons (Fsp3) is 0. The lowest BCUT2D eigenvalue weighted by Gasteiger charge is -2.02. The van der Waals surface area contributed by atoms with Crippen molar-refractivity contribution in [3.05, 3.63) is 30.2 Å². The van der Waals surface area contributed by atoms with Crippen molar-refractivity contribution in [1.82, 2.24) is 24.8 Å². The van der Waals surface area contributed by atoms with Gasteiger partial charge in [-0.3, -0.25) is 9.89 Å². The number of fused-ring (bicyclic) bond motifs is 1. The molecule has 1 amide bonds. The van der Waals surface area contributed by atoms with Crippen molar-refractivity contribution in [3.63, 3.8) is 0 Å². The predicted molar refractivity (Wildman–Crippen MR) is 63.5 cm³/mol. The summed E-state index contributed by atoms with van der Waals surface area (Å²) < 4.78 is 1.50. The molecule has 0 saturated heterocycles. The Morgan fingerprint density at radius 2 is 2.22 bits per heavy atom. The van der Waals surface area contributed by atoms with Gasteiger partial charge in [-0.15, -0.1) is 0 Å². The number of primary amides is 1. The molecule has 8 nitrogen and oxygen atoms in total. The molecule has 8 heteroatoms.